The van der Waals surface area contributed by atoms with Crippen molar-refractivity contribution in [3.8, 4) is 6.07 Å². The molecule has 1 fully saturated rings. The van der Waals surface area contributed by atoms with Crippen molar-refractivity contribution in [2.24, 2.45) is 17.1 Å². The van der Waals surface area contributed by atoms with Crippen molar-refractivity contribution in [2.75, 3.05) is 0 Å². The fourth-order valence-corrected chi connectivity index (χ4v) is 1.77. The van der Waals surface area contributed by atoms with E-state index in [1.54, 1.807) is 13.8 Å². The molecular weight excluding hydrogens is 206 g/mol. The summed E-state index contributed by atoms with van der Waals surface area (Å²) in [6.45, 7) is 3.60. The van der Waals surface area contributed by atoms with Crippen LogP contribution in [0.25, 0.3) is 0 Å². The Morgan fingerprint density at radius 2 is 2.00 bits per heavy atom. The molecule has 1 atom stereocenters. The lowest BCUT2D eigenvalue weighted by Gasteiger charge is -2.35. The Kier molecular flexibility index (Phi) is 3.53. The fraction of sp³-hybridized carbons (Fsp3) is 0.727. The first kappa shape index (κ1) is 12.5. The molecule has 5 heteroatoms. The van der Waals surface area contributed by atoms with E-state index >= 15 is 0 Å². The highest BCUT2D eigenvalue weighted by atomic mass is 16.2. The molecule has 0 radical (unpaired) electrons. The van der Waals surface area contributed by atoms with Gasteiger partial charge in [0.1, 0.15) is 11.5 Å². The predicted octanol–water partition coefficient (Wildman–Crippen LogP) is 0.306. The van der Waals surface area contributed by atoms with Gasteiger partial charge < -0.3 is 11.1 Å². The maximum absolute atomic E-state index is 11.9. The van der Waals surface area contributed by atoms with Crippen molar-refractivity contribution in [3.63, 3.8) is 0 Å². The molecule has 2 amide bonds. The molecule has 0 saturated heterocycles. The van der Waals surface area contributed by atoms with Gasteiger partial charge in [-0.25, -0.2) is 0 Å². The third-order valence-corrected chi connectivity index (χ3v) is 3.12. The van der Waals surface area contributed by atoms with E-state index in [-0.39, 0.29) is 11.8 Å². The Morgan fingerprint density at radius 3 is 2.25 bits per heavy atom. The lowest BCUT2D eigenvalue weighted by molar-refractivity contribution is -0.136. The van der Waals surface area contributed by atoms with Gasteiger partial charge in [0, 0.05) is 0 Å². The minimum Gasteiger partial charge on any atom is -0.368 e. The monoisotopic (exact) mass is 223 g/mol. The zero-order valence-corrected chi connectivity index (χ0v) is 9.62. The summed E-state index contributed by atoms with van der Waals surface area (Å²) in [5, 5.41) is 11.5. The second kappa shape index (κ2) is 4.52. The van der Waals surface area contributed by atoms with Gasteiger partial charge >= 0.3 is 0 Å². The molecule has 0 heterocycles. The van der Waals surface area contributed by atoms with E-state index in [4.69, 9.17) is 11.0 Å². The van der Waals surface area contributed by atoms with Crippen LogP contribution in [0.2, 0.25) is 0 Å². The number of nitrogens with one attached hydrogen (secondary N) is 1. The first-order valence-corrected chi connectivity index (χ1v) is 5.44. The third-order valence-electron chi connectivity index (χ3n) is 3.12. The number of nitriles is 1. The van der Waals surface area contributed by atoms with E-state index in [0.717, 1.165) is 6.42 Å². The van der Waals surface area contributed by atoms with Gasteiger partial charge in [0.25, 0.3) is 0 Å². The maximum atomic E-state index is 11.9. The molecule has 5 nitrogen and oxygen atoms in total. The molecule has 0 bridgehead atoms. The average Bonchev–Trinajstić information content (AvgIpc) is 2.12. The average molecular weight is 223 g/mol. The van der Waals surface area contributed by atoms with E-state index in [2.05, 4.69) is 5.32 Å². The van der Waals surface area contributed by atoms with Gasteiger partial charge in [-0.2, -0.15) is 5.26 Å². The summed E-state index contributed by atoms with van der Waals surface area (Å²) >= 11 is 0. The molecule has 16 heavy (non-hydrogen) atoms. The van der Waals surface area contributed by atoms with Crippen LogP contribution >= 0.6 is 0 Å². The number of carbonyl (C=O) groups excluding carboxylic acids is 2. The topological polar surface area (TPSA) is 96.0 Å². The summed E-state index contributed by atoms with van der Waals surface area (Å²) in [5.74, 6) is -0.994. The third kappa shape index (κ3) is 2.16. The van der Waals surface area contributed by atoms with Crippen LogP contribution in [-0.4, -0.2) is 17.9 Å². The molecule has 0 aliphatic heterocycles. The molecule has 1 rings (SSSR count). The lowest BCUT2D eigenvalue weighted by Crippen LogP contribution is -2.54. The number of amides is 2. The summed E-state index contributed by atoms with van der Waals surface area (Å²) in [6, 6.07) is 1.34. The molecule has 0 aromatic carbocycles. The number of rotatable bonds is 4. The Labute approximate surface area is 95.0 Å². The second-order valence-corrected chi connectivity index (χ2v) is 4.64. The van der Waals surface area contributed by atoms with Crippen LogP contribution in [0, 0.1) is 22.7 Å². The minimum absolute atomic E-state index is 0.0720. The van der Waals surface area contributed by atoms with Gasteiger partial charge in [-0.15, -0.1) is 0 Å². The van der Waals surface area contributed by atoms with Gasteiger partial charge in [0.05, 0.1) is 6.07 Å². The summed E-state index contributed by atoms with van der Waals surface area (Å²) in [4.78, 5) is 23.0. The molecule has 88 valence electrons. The van der Waals surface area contributed by atoms with Crippen molar-refractivity contribution in [1.29, 1.82) is 5.26 Å². The van der Waals surface area contributed by atoms with Crippen LogP contribution in [0.15, 0.2) is 0 Å². The molecule has 1 aliphatic carbocycles. The van der Waals surface area contributed by atoms with Gasteiger partial charge in [-0.05, 0) is 25.2 Å². The van der Waals surface area contributed by atoms with Crippen molar-refractivity contribution >= 4 is 11.8 Å². The number of primary amides is 1. The van der Waals surface area contributed by atoms with Crippen LogP contribution in [0.5, 0.6) is 0 Å². The largest absolute Gasteiger partial charge is 0.368 e. The smallest absolute Gasteiger partial charge is 0.241 e. The fourth-order valence-electron chi connectivity index (χ4n) is 1.77. The zero-order chi connectivity index (χ0) is 12.3. The zero-order valence-electron chi connectivity index (χ0n) is 9.62. The highest BCUT2D eigenvalue weighted by Gasteiger charge is 2.45. The van der Waals surface area contributed by atoms with Crippen LogP contribution in [0.3, 0.4) is 0 Å². The predicted molar refractivity (Wildman–Crippen MR) is 57.9 cm³/mol. The minimum atomic E-state index is -0.928. The van der Waals surface area contributed by atoms with Gasteiger partial charge in [0.15, 0.2) is 0 Å². The molecule has 0 spiro atoms. The molecular formula is C11H17N3O2. The Hall–Kier alpha value is -1.57. The van der Waals surface area contributed by atoms with Gasteiger partial charge in [0.2, 0.25) is 11.8 Å². The number of hydrogen-bond donors (Lipinski definition) is 2. The maximum Gasteiger partial charge on any atom is 0.241 e. The summed E-state index contributed by atoms with van der Waals surface area (Å²) in [6.07, 6.45) is 2.02. The Bertz CT molecular complexity index is 340. The van der Waals surface area contributed by atoms with Crippen molar-refractivity contribution in [1.82, 2.24) is 5.32 Å². The van der Waals surface area contributed by atoms with Crippen LogP contribution in [0.1, 0.15) is 33.1 Å². The summed E-state index contributed by atoms with van der Waals surface area (Å²) < 4.78 is 0. The van der Waals surface area contributed by atoms with Crippen molar-refractivity contribution in [2.45, 2.75) is 39.2 Å². The van der Waals surface area contributed by atoms with Crippen LogP contribution < -0.4 is 11.1 Å². The lowest BCUT2D eigenvalue weighted by atomic mass is 9.69. The number of nitrogens with two attached hydrogens (primary N) is 1. The Morgan fingerprint density at radius 1 is 1.44 bits per heavy atom. The van der Waals surface area contributed by atoms with Crippen LogP contribution in [-0.2, 0) is 9.59 Å². The molecule has 0 aromatic heterocycles. The standard InChI is InChI=1S/C11H17N3O2/c1-7(2)8(9(13)15)14-10(16)11(6-12)4-3-5-11/h7-8H,3-5H2,1-2H3,(H2,13,15)(H,14,16). The highest BCUT2D eigenvalue weighted by Crippen LogP contribution is 2.40. The molecule has 0 aromatic rings. The van der Waals surface area contributed by atoms with E-state index in [1.807, 2.05) is 6.07 Å². The number of nitrogens with zero attached hydrogens (tertiary/aromatic N) is 1. The molecule has 1 unspecified atom stereocenters. The highest BCUT2D eigenvalue weighted by molar-refractivity contribution is 5.91. The summed E-state index contributed by atoms with van der Waals surface area (Å²) in [5.41, 5.74) is 4.27. The van der Waals surface area contributed by atoms with Gasteiger partial charge in [-0.1, -0.05) is 13.8 Å². The van der Waals surface area contributed by atoms with E-state index in [9.17, 15) is 9.59 Å². The Balaban J connectivity index is 2.69. The van der Waals surface area contributed by atoms with Crippen molar-refractivity contribution < 1.29 is 9.59 Å². The normalized spacial score (nSPS) is 19.4. The molecule has 3 N–H and O–H groups in total. The SMILES string of the molecule is CC(C)C(NC(=O)C1(C#N)CCC1)C(N)=O. The second-order valence-electron chi connectivity index (χ2n) is 4.64. The summed E-state index contributed by atoms with van der Waals surface area (Å²) in [7, 11) is 0. The first-order valence-electron chi connectivity index (χ1n) is 5.44. The first-order chi connectivity index (χ1) is 7.43. The van der Waals surface area contributed by atoms with E-state index in [1.165, 1.54) is 0 Å². The quantitative estimate of drug-likeness (QED) is 0.717. The van der Waals surface area contributed by atoms with E-state index < -0.39 is 17.4 Å². The molecule has 1 saturated carbocycles. The number of hydrogen-bond acceptors (Lipinski definition) is 3. The van der Waals surface area contributed by atoms with E-state index in [0.29, 0.717) is 12.8 Å². The van der Waals surface area contributed by atoms with Gasteiger partial charge in [-0.3, -0.25) is 9.59 Å². The number of carbonyl (C=O) groups is 2. The van der Waals surface area contributed by atoms with Crippen LogP contribution in [0.4, 0.5) is 0 Å². The van der Waals surface area contributed by atoms with Crippen molar-refractivity contribution in [3.05, 3.63) is 0 Å². The molecule has 1 aliphatic rings.